The third-order valence-corrected chi connectivity index (χ3v) is 5.58. The van der Waals surface area contributed by atoms with E-state index in [1.165, 1.54) is 5.56 Å². The second-order valence-electron chi connectivity index (χ2n) is 7.86. The van der Waals surface area contributed by atoms with Gasteiger partial charge in [-0.25, -0.2) is 0 Å². The van der Waals surface area contributed by atoms with Crippen molar-refractivity contribution in [3.05, 3.63) is 47.5 Å². The molecule has 0 N–H and O–H groups in total. The van der Waals surface area contributed by atoms with Crippen LogP contribution < -0.4 is 0 Å². The van der Waals surface area contributed by atoms with Crippen LogP contribution in [-0.2, 0) is 9.53 Å². The van der Waals surface area contributed by atoms with Crippen molar-refractivity contribution in [1.82, 2.24) is 4.90 Å². The summed E-state index contributed by atoms with van der Waals surface area (Å²) in [7, 11) is 0. The first-order valence-corrected chi connectivity index (χ1v) is 9.63. The van der Waals surface area contributed by atoms with Gasteiger partial charge in [0.2, 0.25) is 0 Å². The van der Waals surface area contributed by atoms with Crippen molar-refractivity contribution in [2.75, 3.05) is 19.7 Å². The minimum absolute atomic E-state index is 0.121. The van der Waals surface area contributed by atoms with Crippen LogP contribution in [0.15, 0.2) is 42.0 Å². The highest BCUT2D eigenvalue weighted by molar-refractivity contribution is 5.97. The van der Waals surface area contributed by atoms with Crippen LogP contribution in [0.5, 0.6) is 0 Å². The van der Waals surface area contributed by atoms with Crippen molar-refractivity contribution >= 4 is 5.91 Å². The maximum Gasteiger partial charge on any atom is 0.264 e. The molecule has 2 fully saturated rings. The number of amides is 1. The smallest absolute Gasteiger partial charge is 0.264 e. The van der Waals surface area contributed by atoms with Gasteiger partial charge in [0.1, 0.15) is 11.6 Å². The van der Waals surface area contributed by atoms with Crippen molar-refractivity contribution in [1.29, 1.82) is 5.26 Å². The Hall–Kier alpha value is -2.12. The van der Waals surface area contributed by atoms with Gasteiger partial charge in [-0.2, -0.15) is 5.26 Å². The molecule has 0 radical (unpaired) electrons. The van der Waals surface area contributed by atoms with Crippen LogP contribution in [0.25, 0.3) is 0 Å². The first-order valence-electron chi connectivity index (χ1n) is 9.63. The molecule has 1 atom stereocenters. The normalized spacial score (nSPS) is 23.1. The highest BCUT2D eigenvalue weighted by Crippen LogP contribution is 2.41. The first kappa shape index (κ1) is 18.7. The van der Waals surface area contributed by atoms with Crippen LogP contribution in [0.1, 0.15) is 51.0 Å². The molecule has 0 aromatic heterocycles. The van der Waals surface area contributed by atoms with Gasteiger partial charge in [0.15, 0.2) is 0 Å². The maximum atomic E-state index is 12.6. The molecule has 2 heterocycles. The van der Waals surface area contributed by atoms with E-state index in [1.807, 2.05) is 18.7 Å². The van der Waals surface area contributed by atoms with Gasteiger partial charge < -0.3 is 9.64 Å². The topological polar surface area (TPSA) is 53.3 Å². The predicted octanol–water partition coefficient (Wildman–Crippen LogP) is 4.05. The molecule has 4 nitrogen and oxygen atoms in total. The molecule has 2 aliphatic rings. The summed E-state index contributed by atoms with van der Waals surface area (Å²) >= 11 is 0. The second kappa shape index (κ2) is 8.05. The summed E-state index contributed by atoms with van der Waals surface area (Å²) < 4.78 is 6.22. The van der Waals surface area contributed by atoms with E-state index in [-0.39, 0.29) is 23.0 Å². The fourth-order valence-corrected chi connectivity index (χ4v) is 4.16. The molecule has 1 aromatic rings. The Bertz CT molecular complexity index is 695. The summed E-state index contributed by atoms with van der Waals surface area (Å²) in [4.78, 5) is 14.4. The Kier molecular flexibility index (Phi) is 5.78. The number of ether oxygens (including phenoxy) is 1. The van der Waals surface area contributed by atoms with Gasteiger partial charge in [0.25, 0.3) is 5.91 Å². The molecule has 3 rings (SSSR count). The third kappa shape index (κ3) is 4.16. The average molecular weight is 352 g/mol. The van der Waals surface area contributed by atoms with E-state index in [4.69, 9.17) is 4.74 Å². The van der Waals surface area contributed by atoms with E-state index in [0.29, 0.717) is 19.0 Å². The molecule has 26 heavy (non-hydrogen) atoms. The SMILES string of the molecule is CC(C)/C=C(\C#N)C(=O)N1CCC2(CC1)CC(c1ccccc1)CCO2. The van der Waals surface area contributed by atoms with Gasteiger partial charge in [0.05, 0.1) is 5.60 Å². The Morgan fingerprint density at radius 3 is 2.62 bits per heavy atom. The minimum Gasteiger partial charge on any atom is -0.375 e. The summed E-state index contributed by atoms with van der Waals surface area (Å²) in [6.07, 6.45) is 5.54. The number of hydrogen-bond acceptors (Lipinski definition) is 3. The number of allylic oxidation sites excluding steroid dienone is 1. The van der Waals surface area contributed by atoms with E-state index < -0.39 is 0 Å². The van der Waals surface area contributed by atoms with E-state index in [1.54, 1.807) is 6.08 Å². The largest absolute Gasteiger partial charge is 0.375 e. The Balaban J connectivity index is 1.64. The molecular formula is C22H28N2O2. The molecule has 0 aliphatic carbocycles. The first-order chi connectivity index (χ1) is 12.5. The molecule has 138 valence electrons. The van der Waals surface area contributed by atoms with Gasteiger partial charge in [0, 0.05) is 19.7 Å². The molecule has 1 amide bonds. The summed E-state index contributed by atoms with van der Waals surface area (Å²) in [6, 6.07) is 12.7. The number of rotatable bonds is 3. The van der Waals surface area contributed by atoms with Gasteiger partial charge >= 0.3 is 0 Å². The van der Waals surface area contributed by atoms with Crippen LogP contribution in [-0.4, -0.2) is 36.1 Å². The number of carbonyl (C=O) groups excluding carboxylic acids is 1. The molecule has 2 aliphatic heterocycles. The van der Waals surface area contributed by atoms with Crippen molar-refractivity contribution in [2.45, 2.75) is 51.0 Å². The number of carbonyl (C=O) groups is 1. The quantitative estimate of drug-likeness (QED) is 0.609. The van der Waals surface area contributed by atoms with Crippen LogP contribution >= 0.6 is 0 Å². The van der Waals surface area contributed by atoms with Crippen LogP contribution in [0.4, 0.5) is 0 Å². The Morgan fingerprint density at radius 2 is 2.00 bits per heavy atom. The molecule has 1 aromatic carbocycles. The van der Waals surface area contributed by atoms with E-state index in [0.717, 1.165) is 32.3 Å². The Labute approximate surface area is 156 Å². The summed E-state index contributed by atoms with van der Waals surface area (Å²) in [6.45, 7) is 6.07. The van der Waals surface area contributed by atoms with E-state index in [2.05, 4.69) is 36.4 Å². The monoisotopic (exact) mass is 352 g/mol. The molecule has 1 spiro atoms. The third-order valence-electron chi connectivity index (χ3n) is 5.58. The number of nitriles is 1. The maximum absolute atomic E-state index is 12.6. The highest BCUT2D eigenvalue weighted by Gasteiger charge is 2.41. The molecule has 4 heteroatoms. The number of likely N-dealkylation sites (tertiary alicyclic amines) is 1. The van der Waals surface area contributed by atoms with Crippen molar-refractivity contribution in [3.8, 4) is 6.07 Å². The summed E-state index contributed by atoms with van der Waals surface area (Å²) in [5.74, 6) is 0.590. The van der Waals surface area contributed by atoms with Gasteiger partial charge in [-0.05, 0) is 43.1 Å². The van der Waals surface area contributed by atoms with Crippen LogP contribution in [0, 0.1) is 17.2 Å². The van der Waals surface area contributed by atoms with Crippen molar-refractivity contribution in [3.63, 3.8) is 0 Å². The zero-order valence-electron chi connectivity index (χ0n) is 15.8. The van der Waals surface area contributed by atoms with Crippen molar-refractivity contribution < 1.29 is 9.53 Å². The molecule has 1 unspecified atom stereocenters. The lowest BCUT2D eigenvalue weighted by atomic mass is 9.77. The molecular weight excluding hydrogens is 324 g/mol. The van der Waals surface area contributed by atoms with E-state index >= 15 is 0 Å². The number of hydrogen-bond donors (Lipinski definition) is 0. The molecule has 2 saturated heterocycles. The second-order valence-corrected chi connectivity index (χ2v) is 7.86. The average Bonchev–Trinajstić information content (AvgIpc) is 2.67. The highest BCUT2D eigenvalue weighted by atomic mass is 16.5. The lowest BCUT2D eigenvalue weighted by molar-refractivity contribution is -0.140. The lowest BCUT2D eigenvalue weighted by Crippen LogP contribution is -2.50. The fraction of sp³-hybridized carbons (Fsp3) is 0.545. The minimum atomic E-state index is -0.133. The fourth-order valence-electron chi connectivity index (χ4n) is 4.16. The number of nitrogens with zero attached hydrogens (tertiary/aromatic N) is 2. The summed E-state index contributed by atoms with van der Waals surface area (Å²) in [5.41, 5.74) is 1.53. The van der Waals surface area contributed by atoms with Crippen molar-refractivity contribution in [2.24, 2.45) is 5.92 Å². The number of benzene rings is 1. The standard InChI is InChI=1S/C22H28N2O2/c1-17(2)14-20(16-23)21(25)24-11-9-22(10-12-24)15-19(8-13-26-22)18-6-4-3-5-7-18/h3-7,14,17,19H,8-13,15H2,1-2H3/b20-14+. The predicted molar refractivity (Wildman–Crippen MR) is 101 cm³/mol. The lowest BCUT2D eigenvalue weighted by Gasteiger charge is -2.46. The number of piperidine rings is 1. The zero-order valence-corrected chi connectivity index (χ0v) is 15.8. The summed E-state index contributed by atoms with van der Waals surface area (Å²) in [5, 5.41) is 9.29. The molecule has 0 bridgehead atoms. The van der Waals surface area contributed by atoms with Gasteiger partial charge in [-0.3, -0.25) is 4.79 Å². The zero-order chi connectivity index (χ0) is 18.6. The van der Waals surface area contributed by atoms with Crippen LogP contribution in [0.3, 0.4) is 0 Å². The van der Waals surface area contributed by atoms with Gasteiger partial charge in [-0.1, -0.05) is 50.3 Å². The van der Waals surface area contributed by atoms with E-state index in [9.17, 15) is 10.1 Å². The Morgan fingerprint density at radius 1 is 1.31 bits per heavy atom. The van der Waals surface area contributed by atoms with Gasteiger partial charge in [-0.15, -0.1) is 0 Å². The van der Waals surface area contributed by atoms with Crippen LogP contribution in [0.2, 0.25) is 0 Å². The molecule has 0 saturated carbocycles.